The third-order valence-corrected chi connectivity index (χ3v) is 2.71. The fourth-order valence-corrected chi connectivity index (χ4v) is 1.57. The number of aromatic hydroxyl groups is 1. The largest absolute Gasteiger partial charge is 0.507 e. The first-order chi connectivity index (χ1) is 9.77. The molecule has 0 fully saturated rings. The van der Waals surface area contributed by atoms with E-state index in [9.17, 15) is 9.90 Å². The second-order valence-electron chi connectivity index (χ2n) is 5.60. The van der Waals surface area contributed by atoms with Crippen LogP contribution in [0.4, 0.5) is 0 Å². The molecule has 0 aliphatic carbocycles. The van der Waals surface area contributed by atoms with Gasteiger partial charge in [-0.2, -0.15) is 4.98 Å². The number of rotatable bonds is 4. The molecule has 112 valence electrons. The van der Waals surface area contributed by atoms with Crippen LogP contribution in [0.15, 0.2) is 22.7 Å². The highest BCUT2D eigenvalue weighted by Crippen LogP contribution is 2.24. The van der Waals surface area contributed by atoms with Crippen LogP contribution >= 0.6 is 0 Å². The fraction of sp³-hybridized carbons (Fsp3) is 0.357. The zero-order valence-electron chi connectivity index (χ0n) is 12.1. The molecule has 3 N–H and O–H groups in total. The molecule has 1 heterocycles. The van der Waals surface area contributed by atoms with E-state index >= 15 is 0 Å². The molecule has 21 heavy (non-hydrogen) atoms. The van der Waals surface area contributed by atoms with Gasteiger partial charge in [0.15, 0.2) is 6.61 Å². The summed E-state index contributed by atoms with van der Waals surface area (Å²) in [5, 5.41) is 13.5. The van der Waals surface area contributed by atoms with E-state index in [-0.39, 0.29) is 23.3 Å². The lowest BCUT2D eigenvalue weighted by Gasteiger charge is -2.10. The van der Waals surface area contributed by atoms with E-state index in [4.69, 9.17) is 15.0 Å². The Hall–Kier alpha value is -2.57. The maximum atomic E-state index is 11.0. The van der Waals surface area contributed by atoms with Crippen LogP contribution in [0.2, 0.25) is 0 Å². The smallest absolute Gasteiger partial charge is 0.252 e. The lowest BCUT2D eigenvalue weighted by atomic mass is 9.97. The van der Waals surface area contributed by atoms with E-state index < -0.39 is 5.91 Å². The summed E-state index contributed by atoms with van der Waals surface area (Å²) in [5.41, 5.74) is 4.91. The van der Waals surface area contributed by atoms with Gasteiger partial charge in [-0.3, -0.25) is 4.79 Å². The molecule has 2 aromatic rings. The van der Waals surface area contributed by atoms with Crippen molar-refractivity contribution in [2.45, 2.75) is 32.8 Å². The number of nitrogens with two attached hydrogens (primary N) is 1. The molecule has 2 rings (SSSR count). The number of carbonyl (C=O) groups is 1. The summed E-state index contributed by atoms with van der Waals surface area (Å²) in [6, 6.07) is 4.24. The predicted molar refractivity (Wildman–Crippen MR) is 74.0 cm³/mol. The Morgan fingerprint density at radius 2 is 2.14 bits per heavy atom. The van der Waals surface area contributed by atoms with E-state index in [0.29, 0.717) is 17.5 Å². The van der Waals surface area contributed by atoms with Crippen molar-refractivity contribution in [1.82, 2.24) is 10.1 Å². The Morgan fingerprint density at radius 1 is 1.43 bits per heavy atom. The van der Waals surface area contributed by atoms with Crippen molar-refractivity contribution in [3.8, 4) is 11.5 Å². The third-order valence-electron chi connectivity index (χ3n) is 2.71. The van der Waals surface area contributed by atoms with Gasteiger partial charge in [-0.25, -0.2) is 0 Å². The summed E-state index contributed by atoms with van der Waals surface area (Å²) in [6.45, 7) is 5.98. The number of benzene rings is 1. The normalized spacial score (nSPS) is 11.4. The number of phenols is 1. The first kappa shape index (κ1) is 14.8. The Morgan fingerprint density at radius 3 is 2.67 bits per heavy atom. The van der Waals surface area contributed by atoms with E-state index in [1.54, 1.807) is 0 Å². The molecule has 0 aliphatic rings. The minimum absolute atomic E-state index is 0.0388. The number of hydrogen-bond acceptors (Lipinski definition) is 6. The van der Waals surface area contributed by atoms with Gasteiger partial charge in [-0.05, 0) is 12.1 Å². The molecule has 0 unspecified atom stereocenters. The summed E-state index contributed by atoms with van der Waals surface area (Å²) < 4.78 is 10.6. The van der Waals surface area contributed by atoms with Crippen molar-refractivity contribution in [2.24, 2.45) is 5.73 Å². The summed E-state index contributed by atoms with van der Waals surface area (Å²) in [4.78, 5) is 15.2. The molecule has 7 nitrogen and oxygen atoms in total. The van der Waals surface area contributed by atoms with Crippen LogP contribution in [-0.2, 0) is 12.0 Å². The van der Waals surface area contributed by atoms with Crippen molar-refractivity contribution in [1.29, 1.82) is 0 Å². The summed E-state index contributed by atoms with van der Waals surface area (Å²) >= 11 is 0. The molecule has 0 saturated carbocycles. The van der Waals surface area contributed by atoms with Crippen LogP contribution < -0.4 is 10.5 Å². The Kier molecular flexibility index (Phi) is 3.84. The van der Waals surface area contributed by atoms with Gasteiger partial charge in [0, 0.05) is 11.5 Å². The molecule has 0 atom stereocenters. The fourth-order valence-electron chi connectivity index (χ4n) is 1.57. The van der Waals surface area contributed by atoms with Gasteiger partial charge in [0.1, 0.15) is 11.5 Å². The minimum atomic E-state index is -0.702. The van der Waals surface area contributed by atoms with Gasteiger partial charge < -0.3 is 20.1 Å². The Bertz CT molecular complexity index is 658. The number of carbonyl (C=O) groups excluding carboxylic acids is 1. The highest BCUT2D eigenvalue weighted by Gasteiger charge is 2.21. The maximum Gasteiger partial charge on any atom is 0.252 e. The average molecular weight is 291 g/mol. The van der Waals surface area contributed by atoms with Crippen molar-refractivity contribution in [2.75, 3.05) is 0 Å². The van der Waals surface area contributed by atoms with Gasteiger partial charge >= 0.3 is 0 Å². The lowest BCUT2D eigenvalue weighted by Crippen LogP contribution is -2.12. The minimum Gasteiger partial charge on any atom is -0.507 e. The molecule has 0 radical (unpaired) electrons. The van der Waals surface area contributed by atoms with Crippen LogP contribution in [0.5, 0.6) is 11.5 Å². The lowest BCUT2D eigenvalue weighted by molar-refractivity contribution is 0.0997. The van der Waals surface area contributed by atoms with Crippen molar-refractivity contribution in [3.63, 3.8) is 0 Å². The average Bonchev–Trinajstić information content (AvgIpc) is 2.84. The summed E-state index contributed by atoms with van der Waals surface area (Å²) in [5.74, 6) is 0.363. The molecule has 0 aliphatic heterocycles. The van der Waals surface area contributed by atoms with Crippen molar-refractivity contribution in [3.05, 3.63) is 35.5 Å². The van der Waals surface area contributed by atoms with Crippen molar-refractivity contribution < 1.29 is 19.2 Å². The predicted octanol–water partition coefficient (Wildman–Crippen LogP) is 1.75. The topological polar surface area (TPSA) is 111 Å². The second kappa shape index (κ2) is 5.43. The number of amides is 1. The molecule has 1 aromatic carbocycles. The standard InChI is InChI=1S/C14H17N3O4/c1-14(2,3)13-16-11(17-21-13)7-20-8-4-5-9(12(15)19)10(18)6-8/h4-6,18H,7H2,1-3H3,(H2,15,19). The Labute approximate surface area is 121 Å². The number of ether oxygens (including phenoxy) is 1. The van der Waals surface area contributed by atoms with Gasteiger partial charge in [-0.1, -0.05) is 25.9 Å². The zero-order valence-corrected chi connectivity index (χ0v) is 12.1. The number of hydrogen-bond donors (Lipinski definition) is 2. The molecule has 7 heteroatoms. The zero-order chi connectivity index (χ0) is 15.6. The van der Waals surface area contributed by atoms with Crippen molar-refractivity contribution >= 4 is 5.91 Å². The molecular formula is C14H17N3O4. The summed E-state index contributed by atoms with van der Waals surface area (Å²) in [6.07, 6.45) is 0. The van der Waals surface area contributed by atoms with E-state index in [2.05, 4.69) is 10.1 Å². The highest BCUT2D eigenvalue weighted by molar-refractivity contribution is 5.95. The monoisotopic (exact) mass is 291 g/mol. The molecule has 0 saturated heterocycles. The van der Waals surface area contributed by atoms with Gasteiger partial charge in [-0.15, -0.1) is 0 Å². The van der Waals surface area contributed by atoms with E-state index in [1.165, 1.54) is 18.2 Å². The summed E-state index contributed by atoms with van der Waals surface area (Å²) in [7, 11) is 0. The van der Waals surface area contributed by atoms with Crippen LogP contribution in [0.3, 0.4) is 0 Å². The van der Waals surface area contributed by atoms with Gasteiger partial charge in [0.05, 0.1) is 5.56 Å². The molecule has 1 aromatic heterocycles. The van der Waals surface area contributed by atoms with Crippen LogP contribution in [0.1, 0.15) is 42.8 Å². The van der Waals surface area contributed by atoms with Crippen LogP contribution in [0, 0.1) is 0 Å². The molecule has 1 amide bonds. The van der Waals surface area contributed by atoms with Crippen LogP contribution in [0.25, 0.3) is 0 Å². The highest BCUT2D eigenvalue weighted by atomic mass is 16.5. The SMILES string of the molecule is CC(C)(C)c1nc(COc2ccc(C(N)=O)c(O)c2)no1. The molecule has 0 bridgehead atoms. The molecule has 0 spiro atoms. The van der Waals surface area contributed by atoms with Gasteiger partial charge in [0.25, 0.3) is 5.91 Å². The first-order valence-electron chi connectivity index (χ1n) is 6.36. The van der Waals surface area contributed by atoms with Gasteiger partial charge in [0.2, 0.25) is 11.7 Å². The number of nitrogens with zero attached hydrogens (tertiary/aromatic N) is 2. The Balaban J connectivity index is 2.05. The second-order valence-corrected chi connectivity index (χ2v) is 5.60. The number of primary amides is 1. The number of aromatic nitrogens is 2. The maximum absolute atomic E-state index is 11.0. The van der Waals surface area contributed by atoms with E-state index in [0.717, 1.165) is 0 Å². The molecular weight excluding hydrogens is 274 g/mol. The first-order valence-corrected chi connectivity index (χ1v) is 6.36. The van der Waals surface area contributed by atoms with Crippen LogP contribution in [-0.4, -0.2) is 21.2 Å². The third kappa shape index (κ3) is 3.50. The quantitative estimate of drug-likeness (QED) is 0.887. The van der Waals surface area contributed by atoms with E-state index in [1.807, 2.05) is 20.8 Å².